The smallest absolute Gasteiger partial charge is 0.416 e. The van der Waals surface area contributed by atoms with Gasteiger partial charge in [-0.3, -0.25) is 14.4 Å². The minimum absolute atomic E-state index is 0.0173. The predicted octanol–water partition coefficient (Wildman–Crippen LogP) is 7.07. The predicted molar refractivity (Wildman–Crippen MR) is 170 cm³/mol. The lowest BCUT2D eigenvalue weighted by Gasteiger charge is -2.27. The molecule has 0 spiro atoms. The molecule has 0 fully saturated rings. The molecule has 0 aliphatic rings. The lowest BCUT2D eigenvalue weighted by Crippen LogP contribution is -2.41. The van der Waals surface area contributed by atoms with Gasteiger partial charge in [-0.15, -0.1) is 0 Å². The zero-order chi connectivity index (χ0) is 35.5. The number of alkyl halides is 3. The topological polar surface area (TPSA) is 91.6 Å². The maximum atomic E-state index is 16.4. The summed E-state index contributed by atoms with van der Waals surface area (Å²) >= 11 is 0. The average Bonchev–Trinajstić information content (AvgIpc) is 2.92. The van der Waals surface area contributed by atoms with E-state index >= 15 is 8.78 Å². The number of carboxylic acids is 1. The van der Waals surface area contributed by atoms with E-state index in [4.69, 9.17) is 0 Å². The van der Waals surface area contributed by atoms with E-state index < -0.39 is 64.9 Å². The lowest BCUT2D eigenvalue weighted by atomic mass is 9.88. The van der Waals surface area contributed by atoms with Gasteiger partial charge in [-0.1, -0.05) is 31.5 Å². The molecule has 2 unspecified atom stereocenters. The van der Waals surface area contributed by atoms with Crippen LogP contribution < -0.4 is 10.9 Å². The van der Waals surface area contributed by atoms with Crippen LogP contribution in [0, 0.1) is 45.2 Å². The number of nitrogens with one attached hydrogen (secondary N) is 1. The second-order valence-electron chi connectivity index (χ2n) is 12.9. The summed E-state index contributed by atoms with van der Waals surface area (Å²) in [5.74, 6) is -4.77. The number of amides is 1. The number of carbonyl (C=O) groups excluding carboxylic acids is 1. The summed E-state index contributed by atoms with van der Waals surface area (Å²) < 4.78 is 74.8. The van der Waals surface area contributed by atoms with Crippen molar-refractivity contribution in [3.05, 3.63) is 91.4 Å². The molecule has 0 radical (unpaired) electrons. The second kappa shape index (κ2) is 14.8. The van der Waals surface area contributed by atoms with Crippen molar-refractivity contribution in [2.24, 2.45) is 5.92 Å². The molecule has 1 aromatic heterocycles. The van der Waals surface area contributed by atoms with E-state index in [2.05, 4.69) is 5.32 Å². The first kappa shape index (κ1) is 37.4. The highest BCUT2D eigenvalue weighted by atomic mass is 19.4. The van der Waals surface area contributed by atoms with Crippen LogP contribution in [0.2, 0.25) is 0 Å². The molecular weight excluding hydrogens is 621 g/mol. The number of carboxylic acid groups (broad SMARTS) is 1. The minimum Gasteiger partial charge on any atom is -0.481 e. The van der Waals surface area contributed by atoms with Crippen LogP contribution in [0.3, 0.4) is 0 Å². The van der Waals surface area contributed by atoms with Crippen molar-refractivity contribution in [1.82, 2.24) is 14.8 Å². The third-order valence-electron chi connectivity index (χ3n) is 8.04. The molecule has 2 N–H and O–H groups in total. The first-order chi connectivity index (χ1) is 21.7. The van der Waals surface area contributed by atoms with Crippen molar-refractivity contribution < 1.29 is 36.6 Å². The Morgan fingerprint density at radius 3 is 2.06 bits per heavy atom. The Kier molecular flexibility index (Phi) is 11.8. The molecule has 256 valence electrons. The van der Waals surface area contributed by atoms with Crippen molar-refractivity contribution in [3.63, 3.8) is 0 Å². The van der Waals surface area contributed by atoms with Gasteiger partial charge in [-0.25, -0.2) is 8.78 Å². The fourth-order valence-corrected chi connectivity index (χ4v) is 5.99. The molecule has 0 saturated heterocycles. The molecule has 7 nitrogen and oxygen atoms in total. The third kappa shape index (κ3) is 8.85. The van der Waals surface area contributed by atoms with Gasteiger partial charge in [0.05, 0.1) is 18.0 Å². The molecule has 12 heteroatoms. The van der Waals surface area contributed by atoms with E-state index in [1.807, 2.05) is 19.1 Å². The molecule has 2 atom stereocenters. The fourth-order valence-electron chi connectivity index (χ4n) is 5.99. The van der Waals surface area contributed by atoms with Gasteiger partial charge in [0.15, 0.2) is 0 Å². The zero-order valence-corrected chi connectivity index (χ0v) is 27.9. The molecule has 0 aliphatic heterocycles. The Morgan fingerprint density at radius 1 is 0.957 bits per heavy atom. The third-order valence-corrected chi connectivity index (χ3v) is 8.04. The van der Waals surface area contributed by atoms with Crippen molar-refractivity contribution >= 4 is 11.9 Å². The molecule has 3 aromatic rings. The standard InChI is InChI=1S/C35H42F5N3O4/c1-18(2)11-27(43-17-23(9-10-42(7)8)25(15-28(43)44)35(38,39)40)34(47)41-26(16-29(45)46)31-32(36)22(6)14-24(33(31)37)30-20(4)12-19(3)13-21(30)5/h12-15,17-18,26-27H,9-11,16H2,1-8H3,(H,41,47)(H,45,46). The van der Waals surface area contributed by atoms with E-state index in [9.17, 15) is 32.7 Å². The molecule has 2 aromatic carbocycles. The van der Waals surface area contributed by atoms with Crippen LogP contribution in [0.15, 0.2) is 35.3 Å². The number of carbonyl (C=O) groups is 2. The number of nitrogens with zero attached hydrogens (tertiary/aromatic N) is 2. The number of aromatic nitrogens is 1. The van der Waals surface area contributed by atoms with Gasteiger partial charge >= 0.3 is 12.1 Å². The Morgan fingerprint density at radius 2 is 1.55 bits per heavy atom. The van der Waals surface area contributed by atoms with Crippen LogP contribution in [0.1, 0.15) is 77.7 Å². The molecule has 0 bridgehead atoms. The maximum absolute atomic E-state index is 16.4. The van der Waals surface area contributed by atoms with E-state index in [0.29, 0.717) is 22.8 Å². The van der Waals surface area contributed by atoms with Crippen molar-refractivity contribution in [1.29, 1.82) is 0 Å². The SMILES string of the molecule is Cc1cc(C)c(-c2cc(C)c(F)c(C(CC(=O)O)NC(=O)C(CC(C)C)n3cc(CCN(C)C)c(C(F)(F)F)cc3=O)c2F)c(C)c1. The van der Waals surface area contributed by atoms with Gasteiger partial charge in [0.2, 0.25) is 5.91 Å². The van der Waals surface area contributed by atoms with Gasteiger partial charge < -0.3 is 19.9 Å². The average molecular weight is 664 g/mol. The van der Waals surface area contributed by atoms with E-state index in [1.54, 1.807) is 46.7 Å². The minimum atomic E-state index is -4.83. The number of likely N-dealkylation sites (N-methyl/N-ethyl adjacent to an activating group) is 1. The van der Waals surface area contributed by atoms with Crippen LogP contribution in [-0.4, -0.2) is 47.1 Å². The fraction of sp³-hybridized carbons (Fsp3) is 0.457. The number of aryl methyl sites for hydroxylation is 4. The Balaban J connectivity index is 2.20. The first-order valence-electron chi connectivity index (χ1n) is 15.3. The summed E-state index contributed by atoms with van der Waals surface area (Å²) in [4.78, 5) is 40.7. The summed E-state index contributed by atoms with van der Waals surface area (Å²) in [6.07, 6.45) is -4.84. The molecule has 47 heavy (non-hydrogen) atoms. The molecular formula is C35H42F5N3O4. The van der Waals surface area contributed by atoms with Gasteiger partial charge in [0, 0.05) is 29.9 Å². The van der Waals surface area contributed by atoms with Crippen LogP contribution in [0.25, 0.3) is 11.1 Å². The van der Waals surface area contributed by atoms with Crippen molar-refractivity contribution in [2.45, 2.75) is 79.1 Å². The largest absolute Gasteiger partial charge is 0.481 e. The highest BCUT2D eigenvalue weighted by molar-refractivity contribution is 5.82. The Hall–Kier alpha value is -4.06. The molecule has 0 saturated carbocycles. The molecule has 3 rings (SSSR count). The maximum Gasteiger partial charge on any atom is 0.416 e. The van der Waals surface area contributed by atoms with Crippen molar-refractivity contribution in [3.8, 4) is 11.1 Å². The lowest BCUT2D eigenvalue weighted by molar-refractivity contribution is -0.139. The van der Waals surface area contributed by atoms with Crippen LogP contribution in [-0.2, 0) is 22.2 Å². The number of aliphatic carboxylic acids is 1. The van der Waals surface area contributed by atoms with Gasteiger partial charge in [-0.2, -0.15) is 13.2 Å². The highest BCUT2D eigenvalue weighted by Gasteiger charge is 2.36. The second-order valence-corrected chi connectivity index (χ2v) is 12.9. The van der Waals surface area contributed by atoms with E-state index in [1.165, 1.54) is 13.0 Å². The number of pyridine rings is 1. The normalized spacial score (nSPS) is 13.3. The molecule has 1 heterocycles. The quantitative estimate of drug-likeness (QED) is 0.202. The monoisotopic (exact) mass is 663 g/mol. The summed E-state index contributed by atoms with van der Waals surface area (Å²) in [5.41, 5.74) is -0.195. The summed E-state index contributed by atoms with van der Waals surface area (Å²) in [6.45, 7) is 10.5. The van der Waals surface area contributed by atoms with Crippen LogP contribution in [0.4, 0.5) is 22.0 Å². The molecule has 0 aliphatic carbocycles. The van der Waals surface area contributed by atoms with Gasteiger partial charge in [-0.05, 0) is 94.4 Å². The first-order valence-corrected chi connectivity index (χ1v) is 15.3. The van der Waals surface area contributed by atoms with E-state index in [0.717, 1.165) is 16.3 Å². The van der Waals surface area contributed by atoms with E-state index in [-0.39, 0.29) is 42.0 Å². The summed E-state index contributed by atoms with van der Waals surface area (Å²) in [5, 5.41) is 12.2. The molecule has 1 amide bonds. The summed E-state index contributed by atoms with van der Waals surface area (Å²) in [6, 6.07) is 2.33. The Bertz CT molecular complexity index is 1690. The highest BCUT2D eigenvalue weighted by Crippen LogP contribution is 2.37. The van der Waals surface area contributed by atoms with Crippen LogP contribution >= 0.6 is 0 Å². The summed E-state index contributed by atoms with van der Waals surface area (Å²) in [7, 11) is 3.36. The Labute approximate surface area is 271 Å². The van der Waals surface area contributed by atoms with Crippen LogP contribution in [0.5, 0.6) is 0 Å². The number of hydrogen-bond donors (Lipinski definition) is 2. The number of halogens is 5. The number of rotatable bonds is 12. The van der Waals surface area contributed by atoms with Gasteiger partial charge in [0.25, 0.3) is 5.56 Å². The van der Waals surface area contributed by atoms with Gasteiger partial charge in [0.1, 0.15) is 17.7 Å². The number of benzene rings is 2. The van der Waals surface area contributed by atoms with Crippen molar-refractivity contribution in [2.75, 3.05) is 20.6 Å². The number of hydrogen-bond acceptors (Lipinski definition) is 4. The zero-order valence-electron chi connectivity index (χ0n) is 27.9.